The molecule has 5 rings (SSSR count). The van der Waals surface area contributed by atoms with E-state index >= 15 is 0 Å². The molecule has 3 heterocycles. The van der Waals surface area contributed by atoms with Gasteiger partial charge >= 0.3 is 0 Å². The molecular weight excluding hydrogens is 480 g/mol. The topological polar surface area (TPSA) is 62.7 Å². The monoisotopic (exact) mass is 504 g/mol. The van der Waals surface area contributed by atoms with Crippen molar-refractivity contribution in [2.24, 2.45) is 0 Å². The molecule has 1 fully saturated rings. The first-order chi connectivity index (χ1) is 16.0. The predicted octanol–water partition coefficient (Wildman–Crippen LogP) is 6.20. The van der Waals surface area contributed by atoms with Crippen molar-refractivity contribution in [3.63, 3.8) is 0 Å². The number of benzene rings is 2. The van der Waals surface area contributed by atoms with E-state index < -0.39 is 0 Å². The number of rotatable bonds is 4. The maximum absolute atomic E-state index is 13.2. The maximum atomic E-state index is 13.2. The van der Waals surface area contributed by atoms with E-state index in [4.69, 9.17) is 4.74 Å². The van der Waals surface area contributed by atoms with Crippen molar-refractivity contribution in [2.45, 2.75) is 38.8 Å². The molecule has 0 unspecified atom stereocenters. The van der Waals surface area contributed by atoms with Crippen LogP contribution in [0.5, 0.6) is 11.5 Å². The zero-order valence-corrected chi connectivity index (χ0v) is 20.0. The van der Waals surface area contributed by atoms with Crippen LogP contribution in [0.2, 0.25) is 0 Å². The molecule has 3 aromatic rings. The zero-order valence-electron chi connectivity index (χ0n) is 18.4. The minimum Gasteiger partial charge on any atom is -0.507 e. The van der Waals surface area contributed by atoms with Gasteiger partial charge in [-0.1, -0.05) is 40.5 Å². The Labute approximate surface area is 201 Å². The highest BCUT2D eigenvalue weighted by Gasteiger charge is 2.35. The number of pyridine rings is 1. The van der Waals surface area contributed by atoms with Gasteiger partial charge in [-0.25, -0.2) is 0 Å². The number of ether oxygens (including phenoxy) is 1. The minimum absolute atomic E-state index is 0.147. The van der Waals surface area contributed by atoms with Gasteiger partial charge in [-0.05, 0) is 73.3 Å². The summed E-state index contributed by atoms with van der Waals surface area (Å²) in [6.45, 7) is 3.26. The third-order valence-corrected chi connectivity index (χ3v) is 6.90. The fraction of sp³-hybridized carbons (Fsp3) is 0.259. The number of ketones is 1. The molecule has 5 nitrogen and oxygen atoms in total. The van der Waals surface area contributed by atoms with Gasteiger partial charge in [-0.2, -0.15) is 0 Å². The summed E-state index contributed by atoms with van der Waals surface area (Å²) in [5.41, 5.74) is 3.97. The summed E-state index contributed by atoms with van der Waals surface area (Å²) in [6.07, 6.45) is 8.75. The Hall–Kier alpha value is -2.96. The number of nitrogens with zero attached hydrogens (tertiary/aromatic N) is 2. The second-order valence-electron chi connectivity index (χ2n) is 8.66. The Morgan fingerprint density at radius 3 is 2.91 bits per heavy atom. The predicted molar refractivity (Wildman–Crippen MR) is 131 cm³/mol. The van der Waals surface area contributed by atoms with Crippen LogP contribution in [0.15, 0.2) is 65.1 Å². The lowest BCUT2D eigenvalue weighted by molar-refractivity contribution is 0.101. The maximum Gasteiger partial charge on any atom is 0.232 e. The van der Waals surface area contributed by atoms with Crippen LogP contribution in [-0.2, 0) is 6.54 Å². The number of fused-ring (bicyclic) bond motifs is 1. The molecule has 0 bridgehead atoms. The number of aromatic nitrogens is 1. The number of phenolic OH excluding ortho intramolecular Hbond substituents is 1. The zero-order chi connectivity index (χ0) is 22.9. The molecule has 1 aromatic heterocycles. The fourth-order valence-electron chi connectivity index (χ4n) is 4.81. The number of phenols is 1. The SMILES string of the molecule is Cc1cc(O)c(CN2CCCC[C@H]2c2cccnc2)c2c1C(=O)/C(=C/c1cccc(Br)c1)O2. The summed E-state index contributed by atoms with van der Waals surface area (Å²) >= 11 is 3.47. The standard InChI is InChI=1S/C27H25BrN2O3/c1-17-12-23(31)21(16-30-11-3-2-9-22(30)19-7-5-10-29-15-19)27-25(17)26(32)24(33-27)14-18-6-4-8-20(28)13-18/h4-8,10,12-15,22,31H,2-3,9,11,16H2,1H3/b24-14-/t22-/m0/s1. The molecule has 2 aliphatic heterocycles. The van der Waals surface area contributed by atoms with Gasteiger partial charge in [-0.3, -0.25) is 14.7 Å². The van der Waals surface area contributed by atoms with E-state index in [2.05, 4.69) is 31.9 Å². The van der Waals surface area contributed by atoms with Gasteiger partial charge < -0.3 is 9.84 Å². The van der Waals surface area contributed by atoms with Gasteiger partial charge in [0.25, 0.3) is 0 Å². The summed E-state index contributed by atoms with van der Waals surface area (Å²) in [6, 6.07) is 13.7. The summed E-state index contributed by atoms with van der Waals surface area (Å²) in [7, 11) is 0. The van der Waals surface area contributed by atoms with Gasteiger partial charge in [0, 0.05) is 29.5 Å². The first-order valence-corrected chi connectivity index (χ1v) is 12.0. The highest BCUT2D eigenvalue weighted by molar-refractivity contribution is 9.10. The van der Waals surface area contributed by atoms with Crippen molar-refractivity contribution in [1.82, 2.24) is 9.88 Å². The minimum atomic E-state index is -0.147. The Kier molecular flexibility index (Phi) is 6.04. The molecule has 1 saturated heterocycles. The van der Waals surface area contributed by atoms with Crippen molar-refractivity contribution in [2.75, 3.05) is 6.54 Å². The first-order valence-electron chi connectivity index (χ1n) is 11.2. The third-order valence-electron chi connectivity index (χ3n) is 6.41. The van der Waals surface area contributed by atoms with Crippen LogP contribution >= 0.6 is 15.9 Å². The van der Waals surface area contributed by atoms with Crippen LogP contribution in [0, 0.1) is 6.92 Å². The average Bonchev–Trinajstić information content (AvgIpc) is 3.13. The van der Waals surface area contributed by atoms with Crippen LogP contribution in [0.4, 0.5) is 0 Å². The van der Waals surface area contributed by atoms with E-state index in [-0.39, 0.29) is 23.3 Å². The molecule has 1 N–H and O–H groups in total. The molecule has 1 atom stereocenters. The van der Waals surface area contributed by atoms with E-state index in [1.165, 1.54) is 5.56 Å². The Morgan fingerprint density at radius 2 is 2.12 bits per heavy atom. The molecule has 168 valence electrons. The molecule has 0 aliphatic carbocycles. The molecule has 0 amide bonds. The molecule has 2 aliphatic rings. The molecule has 2 aromatic carbocycles. The largest absolute Gasteiger partial charge is 0.507 e. The van der Waals surface area contributed by atoms with E-state index in [1.807, 2.05) is 43.5 Å². The number of Topliss-reactive ketones (excluding diaryl/α,β-unsaturated/α-hetero) is 1. The van der Waals surface area contributed by atoms with Crippen LogP contribution < -0.4 is 4.74 Å². The number of hydrogen-bond acceptors (Lipinski definition) is 5. The molecular formula is C27H25BrN2O3. The fourth-order valence-corrected chi connectivity index (χ4v) is 5.23. The number of hydrogen-bond donors (Lipinski definition) is 1. The van der Waals surface area contributed by atoms with E-state index in [1.54, 1.807) is 18.3 Å². The van der Waals surface area contributed by atoms with E-state index in [0.717, 1.165) is 41.4 Å². The van der Waals surface area contributed by atoms with Crippen molar-refractivity contribution < 1.29 is 14.6 Å². The number of allylic oxidation sites excluding steroid dienone is 1. The number of carbonyl (C=O) groups is 1. The number of carbonyl (C=O) groups excluding carboxylic acids is 1. The molecule has 0 spiro atoms. The van der Waals surface area contributed by atoms with Crippen molar-refractivity contribution in [3.8, 4) is 11.5 Å². The summed E-state index contributed by atoms with van der Waals surface area (Å²) in [5.74, 6) is 0.777. The smallest absolute Gasteiger partial charge is 0.232 e. The molecule has 0 radical (unpaired) electrons. The number of halogens is 1. The lowest BCUT2D eigenvalue weighted by atomic mass is 9.94. The third kappa shape index (κ3) is 4.33. The normalized spacial score (nSPS) is 19.5. The lowest BCUT2D eigenvalue weighted by Crippen LogP contribution is -2.33. The van der Waals surface area contributed by atoms with Crippen LogP contribution in [-0.4, -0.2) is 27.3 Å². The van der Waals surface area contributed by atoms with E-state index in [9.17, 15) is 9.90 Å². The Bertz CT molecular complexity index is 1240. The lowest BCUT2D eigenvalue weighted by Gasteiger charge is -2.36. The quantitative estimate of drug-likeness (QED) is 0.428. The number of likely N-dealkylation sites (tertiary alicyclic amines) is 1. The van der Waals surface area contributed by atoms with Gasteiger partial charge in [-0.15, -0.1) is 0 Å². The highest BCUT2D eigenvalue weighted by atomic mass is 79.9. The summed E-state index contributed by atoms with van der Waals surface area (Å²) < 4.78 is 7.07. The van der Waals surface area contributed by atoms with Crippen molar-refractivity contribution in [3.05, 3.63) is 92.9 Å². The molecule has 6 heteroatoms. The van der Waals surface area contributed by atoms with Crippen LogP contribution in [0.3, 0.4) is 0 Å². The van der Waals surface area contributed by atoms with Crippen molar-refractivity contribution in [1.29, 1.82) is 0 Å². The Balaban J connectivity index is 1.50. The van der Waals surface area contributed by atoms with Gasteiger partial charge in [0.05, 0.1) is 11.1 Å². The first kappa shape index (κ1) is 21.9. The van der Waals surface area contributed by atoms with E-state index in [0.29, 0.717) is 23.4 Å². The highest BCUT2D eigenvalue weighted by Crippen LogP contribution is 2.44. The molecule has 33 heavy (non-hydrogen) atoms. The van der Waals surface area contributed by atoms with Crippen LogP contribution in [0.1, 0.15) is 57.9 Å². The molecule has 0 saturated carbocycles. The summed E-state index contributed by atoms with van der Waals surface area (Å²) in [5, 5.41) is 10.9. The van der Waals surface area contributed by atoms with Crippen LogP contribution in [0.25, 0.3) is 6.08 Å². The van der Waals surface area contributed by atoms with Crippen molar-refractivity contribution >= 4 is 27.8 Å². The second-order valence-corrected chi connectivity index (χ2v) is 9.57. The van der Waals surface area contributed by atoms with Gasteiger partial charge in [0.15, 0.2) is 5.76 Å². The number of aryl methyl sites for hydroxylation is 1. The second kappa shape index (κ2) is 9.12. The van der Waals surface area contributed by atoms with Gasteiger partial charge in [0.2, 0.25) is 5.78 Å². The number of aromatic hydroxyl groups is 1. The van der Waals surface area contributed by atoms with Gasteiger partial charge in [0.1, 0.15) is 11.5 Å². The number of piperidine rings is 1. The Morgan fingerprint density at radius 1 is 1.24 bits per heavy atom. The summed E-state index contributed by atoms with van der Waals surface area (Å²) in [4.78, 5) is 19.9. The average molecular weight is 505 g/mol.